The molecule has 0 aliphatic rings. The molecule has 0 saturated heterocycles. The molecule has 0 heterocycles. The molecule has 1 radical (unpaired) electrons. The van der Waals surface area contributed by atoms with Crippen molar-refractivity contribution in [3.05, 3.63) is 75.9 Å². The Morgan fingerprint density at radius 2 is 0.613 bits per heavy atom. The molecular weight excluding hydrogens is 578 g/mol. The molecule has 10 heteroatoms. The molecule has 0 bridgehead atoms. The molecule has 0 aromatic rings. The minimum atomic E-state index is 0. The van der Waals surface area contributed by atoms with Crippen LogP contribution in [0.25, 0.3) is 0 Å². The maximum Gasteiger partial charge on any atom is 3.00 e. The van der Waals surface area contributed by atoms with E-state index < -0.39 is 0 Å². The maximum atomic E-state index is 4.79. The van der Waals surface area contributed by atoms with Gasteiger partial charge in [-0.05, 0) is 0 Å². The van der Waals surface area contributed by atoms with Crippen LogP contribution in [0.15, 0.2) is 75.9 Å². The molecule has 0 spiro atoms. The first kappa shape index (κ1) is 37.9. The predicted octanol–water partition coefficient (Wildman–Crippen LogP) is 4.47. The summed E-state index contributed by atoms with van der Waals surface area (Å²) in [5.41, 5.74) is 0. The van der Waals surface area contributed by atoms with Gasteiger partial charge in [0.1, 0.15) is 0 Å². The van der Waals surface area contributed by atoms with Crippen LogP contribution in [0, 0.1) is 0 Å². The third-order valence-corrected chi connectivity index (χ3v) is 4.42. The minimum Gasteiger partial charge on any atom is -0.411 e. The molecule has 31 heavy (non-hydrogen) atoms. The summed E-state index contributed by atoms with van der Waals surface area (Å²) < 4.78 is 1.42. The summed E-state index contributed by atoms with van der Waals surface area (Å²) in [5.74, 6) is 0. The van der Waals surface area contributed by atoms with E-state index in [4.69, 9.17) is 74.5 Å². The molecule has 0 amide bonds. The van der Waals surface area contributed by atoms with Crippen molar-refractivity contribution in [3.63, 3.8) is 0 Å². The van der Waals surface area contributed by atoms with Crippen molar-refractivity contribution < 1.29 is 26.2 Å². The van der Waals surface area contributed by atoms with Gasteiger partial charge in [0.05, 0.1) is 0 Å². The molecule has 0 unspecified atom stereocenters. The van der Waals surface area contributed by atoms with E-state index in [1.807, 2.05) is 14.7 Å². The van der Waals surface area contributed by atoms with Crippen molar-refractivity contribution in [2.45, 2.75) is 0 Å². The Morgan fingerprint density at radius 3 is 0.677 bits per heavy atom. The van der Waals surface area contributed by atoms with Gasteiger partial charge in [0.2, 0.25) is 0 Å². The van der Waals surface area contributed by atoms with Crippen molar-refractivity contribution >= 4 is 87.5 Å². The number of thiocarbonyl (C=S) groups is 3. The van der Waals surface area contributed by atoms with Crippen LogP contribution in [0.4, 0.5) is 0 Å². The summed E-state index contributed by atoms with van der Waals surface area (Å²) >= 11 is 28.8. The molecule has 3 nitrogen and oxygen atoms in total. The standard InChI is InChI=1S/3C7H11NS2.Zr/c3*1-3-5-8(6-4-2)7(9)10;/h3*3-4H,1-2,5-6H2,(H,9,10);/q;;;+3/p-3. The zero-order valence-corrected chi connectivity index (χ0v) is 25.1. The maximum absolute atomic E-state index is 4.79. The molecular formula is C21H30N3S6Zr. The Bertz CT molecular complexity index is 485. The monoisotopic (exact) mass is 606 g/mol. The van der Waals surface area contributed by atoms with Gasteiger partial charge in [0.25, 0.3) is 0 Å². The van der Waals surface area contributed by atoms with Crippen LogP contribution in [0.3, 0.4) is 0 Å². The summed E-state index contributed by atoms with van der Waals surface area (Å²) in [7, 11) is 0. The van der Waals surface area contributed by atoms with Gasteiger partial charge in [-0.15, -0.1) is 39.5 Å². The summed E-state index contributed by atoms with van der Waals surface area (Å²) in [6.45, 7) is 25.7. The van der Waals surface area contributed by atoms with Gasteiger partial charge in [-0.2, -0.15) is 0 Å². The fourth-order valence-corrected chi connectivity index (χ4v) is 2.50. The Labute approximate surface area is 241 Å². The first-order valence-corrected chi connectivity index (χ1v) is 11.1. The van der Waals surface area contributed by atoms with Gasteiger partial charge < -0.3 is 89.2 Å². The van der Waals surface area contributed by atoms with Crippen molar-refractivity contribution in [3.8, 4) is 0 Å². The zero-order chi connectivity index (χ0) is 23.9. The third-order valence-electron chi connectivity index (χ3n) is 2.87. The number of nitrogens with zero attached hydrogens (tertiary/aromatic N) is 3. The molecule has 0 aromatic heterocycles. The minimum absolute atomic E-state index is 0. The van der Waals surface area contributed by atoms with Crippen LogP contribution >= 0.6 is 36.7 Å². The Kier molecular flexibility index (Phi) is 33.9. The van der Waals surface area contributed by atoms with Crippen molar-refractivity contribution in [2.24, 2.45) is 0 Å². The largest absolute Gasteiger partial charge is 3.00 e. The molecule has 0 fully saturated rings. The second-order valence-corrected chi connectivity index (χ2v) is 8.34. The van der Waals surface area contributed by atoms with Gasteiger partial charge in [0.15, 0.2) is 0 Å². The first-order chi connectivity index (χ1) is 14.2. The molecule has 0 aliphatic carbocycles. The van der Waals surface area contributed by atoms with Crippen LogP contribution in [-0.2, 0) is 64.1 Å². The molecule has 0 rings (SSSR count). The SMILES string of the molecule is C=CCN(CC=C)C(=S)[S-].C=CCN(CC=C)C(=S)[S-].C=CCN(CC=C)C(=S)[S-].[Zr+3]. The van der Waals surface area contributed by atoms with Crippen molar-refractivity contribution in [1.29, 1.82) is 0 Å². The summed E-state index contributed by atoms with van der Waals surface area (Å²) in [5, 5.41) is 0. The van der Waals surface area contributed by atoms with E-state index in [1.54, 1.807) is 36.5 Å². The second-order valence-electron chi connectivity index (χ2n) is 5.24. The number of hydrogen-bond donors (Lipinski definition) is 0. The van der Waals surface area contributed by atoms with E-state index in [0.29, 0.717) is 52.2 Å². The van der Waals surface area contributed by atoms with Crippen LogP contribution in [0.2, 0.25) is 0 Å². The fraction of sp³-hybridized carbons (Fsp3) is 0.286. The predicted molar refractivity (Wildman–Crippen MR) is 156 cm³/mol. The number of rotatable bonds is 12. The van der Waals surface area contributed by atoms with Crippen LogP contribution in [0.1, 0.15) is 0 Å². The molecule has 0 aliphatic heterocycles. The normalized spacial score (nSPS) is 8.13. The Hall–Kier alpha value is -0.347. The molecule has 0 aromatic carbocycles. The summed E-state index contributed by atoms with van der Waals surface area (Å²) in [4.78, 5) is 5.51. The van der Waals surface area contributed by atoms with Gasteiger partial charge in [-0.25, -0.2) is 0 Å². The topological polar surface area (TPSA) is 9.72 Å². The van der Waals surface area contributed by atoms with Gasteiger partial charge in [-0.3, -0.25) is 0 Å². The van der Waals surface area contributed by atoms with Crippen LogP contribution < -0.4 is 0 Å². The fourth-order valence-electron chi connectivity index (χ4n) is 1.61. The average molecular weight is 608 g/mol. The third kappa shape index (κ3) is 25.8. The van der Waals surface area contributed by atoms with E-state index in [1.165, 1.54) is 0 Å². The van der Waals surface area contributed by atoms with E-state index >= 15 is 0 Å². The van der Waals surface area contributed by atoms with E-state index in [9.17, 15) is 0 Å². The zero-order valence-electron chi connectivity index (χ0n) is 17.7. The second kappa shape index (κ2) is 27.7. The molecule has 0 N–H and O–H groups in total. The Balaban J connectivity index is -0.000000174. The van der Waals surface area contributed by atoms with Crippen molar-refractivity contribution in [2.75, 3.05) is 39.3 Å². The smallest absolute Gasteiger partial charge is 0.411 e. The molecule has 169 valence electrons. The molecule has 0 atom stereocenters. The Morgan fingerprint density at radius 1 is 0.484 bits per heavy atom. The molecule has 0 saturated carbocycles. The summed E-state index contributed by atoms with van der Waals surface area (Å²) in [6.07, 6.45) is 10.6. The van der Waals surface area contributed by atoms with Crippen molar-refractivity contribution in [1.82, 2.24) is 14.7 Å². The van der Waals surface area contributed by atoms with Gasteiger partial charge in [0, 0.05) is 39.3 Å². The average Bonchev–Trinajstić information content (AvgIpc) is 2.68. The van der Waals surface area contributed by atoms with Gasteiger partial charge in [-0.1, -0.05) is 49.4 Å². The van der Waals surface area contributed by atoms with Crippen LogP contribution in [-0.4, -0.2) is 66.9 Å². The van der Waals surface area contributed by atoms with E-state index in [0.717, 1.165) is 0 Å². The number of hydrogen-bond acceptors (Lipinski definition) is 6. The van der Waals surface area contributed by atoms with Gasteiger partial charge >= 0.3 is 26.2 Å². The van der Waals surface area contributed by atoms with E-state index in [-0.39, 0.29) is 26.2 Å². The first-order valence-electron chi connectivity index (χ1n) is 8.69. The van der Waals surface area contributed by atoms with E-state index in [2.05, 4.69) is 39.5 Å². The summed E-state index contributed by atoms with van der Waals surface area (Å²) in [6, 6.07) is 0. The van der Waals surface area contributed by atoms with Crippen LogP contribution in [0.5, 0.6) is 0 Å². The quantitative estimate of drug-likeness (QED) is 0.179.